The van der Waals surface area contributed by atoms with Crippen molar-refractivity contribution in [3.63, 3.8) is 0 Å². The van der Waals surface area contributed by atoms with Crippen molar-refractivity contribution in [2.45, 2.75) is 6.42 Å². The summed E-state index contributed by atoms with van der Waals surface area (Å²) in [6, 6.07) is 4.33. The van der Waals surface area contributed by atoms with Crippen LogP contribution in [0, 0.1) is 10.1 Å². The zero-order valence-corrected chi connectivity index (χ0v) is 10.2. The molecule has 18 heavy (non-hydrogen) atoms. The molecule has 6 nitrogen and oxygen atoms in total. The molecule has 94 valence electrons. The molecule has 1 aromatic heterocycles. The number of rotatable bonds is 4. The van der Waals surface area contributed by atoms with Crippen LogP contribution in [0.25, 0.3) is 5.69 Å². The number of halogens is 1. The number of nitrogens with zero attached hydrogens (tertiary/aromatic N) is 3. The predicted octanol–water partition coefficient (Wildman–Crippen LogP) is 1.94. The molecule has 1 aromatic carbocycles. The lowest BCUT2D eigenvalue weighted by Crippen LogP contribution is -2.09. The Hall–Kier alpha value is -1.92. The molecule has 0 radical (unpaired) electrons. The molecule has 0 aliphatic carbocycles. The highest BCUT2D eigenvalue weighted by Gasteiger charge is 2.12. The molecule has 1 heterocycles. The minimum atomic E-state index is -0.482. The summed E-state index contributed by atoms with van der Waals surface area (Å²) in [6.07, 6.45) is 4.00. The smallest absolute Gasteiger partial charge is 0.271 e. The second kappa shape index (κ2) is 5.16. The van der Waals surface area contributed by atoms with Crippen molar-refractivity contribution < 1.29 is 4.92 Å². The first-order valence-corrected chi connectivity index (χ1v) is 5.68. The van der Waals surface area contributed by atoms with Gasteiger partial charge in [-0.1, -0.05) is 11.6 Å². The van der Waals surface area contributed by atoms with E-state index in [-0.39, 0.29) is 5.69 Å². The van der Waals surface area contributed by atoms with Gasteiger partial charge in [0.25, 0.3) is 5.69 Å². The minimum Gasteiger partial charge on any atom is -0.330 e. The fourth-order valence-corrected chi connectivity index (χ4v) is 1.94. The first-order valence-electron chi connectivity index (χ1n) is 5.30. The largest absolute Gasteiger partial charge is 0.330 e. The maximum absolute atomic E-state index is 10.6. The van der Waals surface area contributed by atoms with Crippen LogP contribution < -0.4 is 5.73 Å². The molecule has 0 fully saturated rings. The third-order valence-corrected chi connectivity index (χ3v) is 2.79. The third kappa shape index (κ3) is 2.34. The standard InChI is InChI=1S/C11H11ClN4O2/c12-9-7-8(16(17)18)1-2-10(9)15-6-5-14-11(15)3-4-13/h1-2,5-7H,3-4,13H2. The van der Waals surface area contributed by atoms with Crippen molar-refractivity contribution in [1.29, 1.82) is 0 Å². The average Bonchev–Trinajstić information content (AvgIpc) is 2.77. The van der Waals surface area contributed by atoms with Gasteiger partial charge in [-0.15, -0.1) is 0 Å². The molecule has 0 saturated carbocycles. The minimum absolute atomic E-state index is 0.0377. The Balaban J connectivity index is 2.44. The van der Waals surface area contributed by atoms with E-state index < -0.39 is 4.92 Å². The molecule has 0 spiro atoms. The molecule has 0 bridgehead atoms. The summed E-state index contributed by atoms with van der Waals surface area (Å²) in [6.45, 7) is 0.474. The van der Waals surface area contributed by atoms with E-state index in [1.165, 1.54) is 12.1 Å². The molecular formula is C11H11ClN4O2. The summed E-state index contributed by atoms with van der Waals surface area (Å²) in [5, 5.41) is 10.9. The molecule has 0 aliphatic rings. The van der Waals surface area contributed by atoms with Crippen LogP contribution in [-0.2, 0) is 6.42 Å². The SMILES string of the molecule is NCCc1nccn1-c1ccc([N+](=O)[O-])cc1Cl. The van der Waals surface area contributed by atoms with Gasteiger partial charge in [-0.3, -0.25) is 10.1 Å². The number of nitro groups is 1. The number of imidazole rings is 1. The molecule has 2 aromatic rings. The maximum atomic E-state index is 10.6. The lowest BCUT2D eigenvalue weighted by molar-refractivity contribution is -0.384. The number of nitrogens with two attached hydrogens (primary N) is 1. The van der Waals surface area contributed by atoms with Crippen LogP contribution in [-0.4, -0.2) is 21.0 Å². The molecule has 0 atom stereocenters. The Morgan fingerprint density at radius 3 is 2.89 bits per heavy atom. The fourth-order valence-electron chi connectivity index (χ4n) is 1.67. The van der Waals surface area contributed by atoms with Gasteiger partial charge in [0, 0.05) is 30.9 Å². The summed E-state index contributed by atoms with van der Waals surface area (Å²) < 4.78 is 1.78. The van der Waals surface area contributed by atoms with Gasteiger partial charge >= 0.3 is 0 Å². The van der Waals surface area contributed by atoms with Crippen LogP contribution in [0.5, 0.6) is 0 Å². The average molecular weight is 267 g/mol. The lowest BCUT2D eigenvalue weighted by Gasteiger charge is -2.08. The maximum Gasteiger partial charge on any atom is 0.271 e. The van der Waals surface area contributed by atoms with Crippen LogP contribution in [0.3, 0.4) is 0 Å². The predicted molar refractivity (Wildman–Crippen MR) is 68.0 cm³/mol. The summed E-state index contributed by atoms with van der Waals surface area (Å²) >= 11 is 6.05. The van der Waals surface area contributed by atoms with Crippen molar-refractivity contribution in [2.75, 3.05) is 6.54 Å². The molecule has 2 rings (SSSR count). The zero-order valence-electron chi connectivity index (χ0n) is 9.41. The van der Waals surface area contributed by atoms with Crippen LogP contribution >= 0.6 is 11.6 Å². The van der Waals surface area contributed by atoms with Crippen LogP contribution in [0.4, 0.5) is 5.69 Å². The number of hydrogen-bond acceptors (Lipinski definition) is 4. The topological polar surface area (TPSA) is 87.0 Å². The summed E-state index contributed by atoms with van der Waals surface area (Å²) in [5.41, 5.74) is 6.11. The van der Waals surface area contributed by atoms with Gasteiger partial charge in [-0.2, -0.15) is 0 Å². The fraction of sp³-hybridized carbons (Fsp3) is 0.182. The highest BCUT2D eigenvalue weighted by atomic mass is 35.5. The first-order chi connectivity index (χ1) is 8.63. The van der Waals surface area contributed by atoms with E-state index in [1.54, 1.807) is 23.0 Å². The van der Waals surface area contributed by atoms with Crippen LogP contribution in [0.1, 0.15) is 5.82 Å². The number of non-ortho nitro benzene ring substituents is 1. The van der Waals surface area contributed by atoms with Gasteiger partial charge in [0.05, 0.1) is 15.6 Å². The highest BCUT2D eigenvalue weighted by Crippen LogP contribution is 2.26. The van der Waals surface area contributed by atoms with Gasteiger partial charge in [0.1, 0.15) is 5.82 Å². The Labute approximate surface area is 108 Å². The van der Waals surface area contributed by atoms with E-state index in [4.69, 9.17) is 17.3 Å². The van der Waals surface area contributed by atoms with E-state index in [0.717, 1.165) is 5.82 Å². The van der Waals surface area contributed by atoms with Crippen molar-refractivity contribution in [1.82, 2.24) is 9.55 Å². The summed E-state index contributed by atoms with van der Waals surface area (Å²) in [4.78, 5) is 14.3. The van der Waals surface area contributed by atoms with Crippen molar-refractivity contribution >= 4 is 17.3 Å². The van der Waals surface area contributed by atoms with Crippen LogP contribution in [0.15, 0.2) is 30.6 Å². The van der Waals surface area contributed by atoms with Gasteiger partial charge in [0.15, 0.2) is 0 Å². The van der Waals surface area contributed by atoms with Crippen molar-refractivity contribution in [3.8, 4) is 5.69 Å². The van der Waals surface area contributed by atoms with Crippen molar-refractivity contribution in [2.24, 2.45) is 5.73 Å². The van der Waals surface area contributed by atoms with E-state index in [0.29, 0.717) is 23.7 Å². The van der Waals surface area contributed by atoms with Crippen molar-refractivity contribution in [3.05, 3.63) is 51.6 Å². The lowest BCUT2D eigenvalue weighted by atomic mass is 10.2. The highest BCUT2D eigenvalue weighted by molar-refractivity contribution is 6.32. The van der Waals surface area contributed by atoms with Gasteiger partial charge in [-0.05, 0) is 12.6 Å². The molecule has 0 aliphatic heterocycles. The first kappa shape index (κ1) is 12.5. The van der Waals surface area contributed by atoms with E-state index in [1.807, 2.05) is 0 Å². The van der Waals surface area contributed by atoms with Crippen LogP contribution in [0.2, 0.25) is 5.02 Å². The molecule has 7 heteroatoms. The second-order valence-electron chi connectivity index (χ2n) is 3.64. The summed E-state index contributed by atoms with van der Waals surface area (Å²) in [5.74, 6) is 0.772. The van der Waals surface area contributed by atoms with Gasteiger partial charge in [0.2, 0.25) is 0 Å². The quantitative estimate of drug-likeness (QED) is 0.677. The second-order valence-corrected chi connectivity index (χ2v) is 4.05. The third-order valence-electron chi connectivity index (χ3n) is 2.49. The number of benzene rings is 1. The Morgan fingerprint density at radius 2 is 2.28 bits per heavy atom. The van der Waals surface area contributed by atoms with Gasteiger partial charge in [-0.25, -0.2) is 4.98 Å². The summed E-state index contributed by atoms with van der Waals surface area (Å²) in [7, 11) is 0. The molecular weight excluding hydrogens is 256 g/mol. The zero-order chi connectivity index (χ0) is 13.1. The Morgan fingerprint density at radius 1 is 1.50 bits per heavy atom. The monoisotopic (exact) mass is 266 g/mol. The molecule has 0 amide bonds. The molecule has 0 saturated heterocycles. The molecule has 2 N–H and O–H groups in total. The Bertz CT molecular complexity index is 582. The molecule has 0 unspecified atom stereocenters. The number of aromatic nitrogens is 2. The van der Waals surface area contributed by atoms with Gasteiger partial charge < -0.3 is 10.3 Å². The van der Waals surface area contributed by atoms with E-state index in [2.05, 4.69) is 4.98 Å². The van der Waals surface area contributed by atoms with E-state index in [9.17, 15) is 10.1 Å². The van der Waals surface area contributed by atoms with E-state index >= 15 is 0 Å². The number of hydrogen-bond donors (Lipinski definition) is 1. The number of nitro benzene ring substituents is 1. The Kier molecular flexibility index (Phi) is 3.59. The normalized spacial score (nSPS) is 10.6.